The monoisotopic (exact) mass is 216 g/mol. The molecule has 0 radical (unpaired) electrons. The minimum Gasteiger partial charge on any atom is -0.324 e. The summed E-state index contributed by atoms with van der Waals surface area (Å²) in [5.41, 5.74) is 7.94. The molecular formula is C12H16N4. The van der Waals surface area contributed by atoms with Crippen LogP contribution in [-0.2, 0) is 0 Å². The van der Waals surface area contributed by atoms with Crippen molar-refractivity contribution >= 4 is 0 Å². The van der Waals surface area contributed by atoms with Gasteiger partial charge in [0.2, 0.25) is 0 Å². The molecule has 2 N–H and O–H groups in total. The van der Waals surface area contributed by atoms with Gasteiger partial charge in [-0.05, 0) is 26.0 Å². The summed E-state index contributed by atoms with van der Waals surface area (Å²) in [5, 5.41) is 0. The molecular weight excluding hydrogens is 200 g/mol. The molecule has 4 nitrogen and oxygen atoms in total. The highest BCUT2D eigenvalue weighted by atomic mass is 15.1. The van der Waals surface area contributed by atoms with Crippen LogP contribution >= 0.6 is 0 Å². The van der Waals surface area contributed by atoms with Gasteiger partial charge in [0.25, 0.3) is 0 Å². The minimum absolute atomic E-state index is 0.0198. The van der Waals surface area contributed by atoms with E-state index >= 15 is 0 Å². The van der Waals surface area contributed by atoms with E-state index in [9.17, 15) is 0 Å². The fourth-order valence-corrected chi connectivity index (χ4v) is 1.76. The van der Waals surface area contributed by atoms with Gasteiger partial charge in [-0.2, -0.15) is 0 Å². The van der Waals surface area contributed by atoms with E-state index in [0.29, 0.717) is 0 Å². The Morgan fingerprint density at radius 1 is 1.31 bits per heavy atom. The van der Waals surface area contributed by atoms with Crippen LogP contribution in [0.25, 0.3) is 0 Å². The number of aromatic nitrogens is 3. The van der Waals surface area contributed by atoms with Crippen LogP contribution in [0.15, 0.2) is 36.9 Å². The third kappa shape index (κ3) is 1.97. The van der Waals surface area contributed by atoms with Gasteiger partial charge >= 0.3 is 0 Å². The molecule has 4 heteroatoms. The summed E-state index contributed by atoms with van der Waals surface area (Å²) >= 11 is 0. The first-order valence-electron chi connectivity index (χ1n) is 5.38. The summed E-state index contributed by atoms with van der Waals surface area (Å²) in [7, 11) is 0. The number of nitrogens with zero attached hydrogens (tertiary/aromatic N) is 3. The summed E-state index contributed by atoms with van der Waals surface area (Å²) in [4.78, 5) is 8.49. The second kappa shape index (κ2) is 4.45. The van der Waals surface area contributed by atoms with Crippen molar-refractivity contribution in [1.29, 1.82) is 0 Å². The topological polar surface area (TPSA) is 56.7 Å². The van der Waals surface area contributed by atoms with Crippen LogP contribution in [0.3, 0.4) is 0 Å². The number of hydrogen-bond acceptors (Lipinski definition) is 3. The number of hydrogen-bond donors (Lipinski definition) is 1. The van der Waals surface area contributed by atoms with Gasteiger partial charge in [-0.15, -0.1) is 0 Å². The largest absolute Gasteiger partial charge is 0.324 e. The highest BCUT2D eigenvalue weighted by Crippen LogP contribution is 2.20. The van der Waals surface area contributed by atoms with Crippen LogP contribution in [0.4, 0.5) is 0 Å². The first kappa shape index (κ1) is 10.8. The Hall–Kier alpha value is -1.68. The van der Waals surface area contributed by atoms with Crippen LogP contribution in [0, 0.1) is 0 Å². The normalized spacial score (nSPS) is 14.7. The Morgan fingerprint density at radius 2 is 2.12 bits per heavy atom. The van der Waals surface area contributed by atoms with E-state index < -0.39 is 0 Å². The van der Waals surface area contributed by atoms with Crippen molar-refractivity contribution in [2.75, 3.05) is 0 Å². The lowest BCUT2D eigenvalue weighted by molar-refractivity contribution is 0.570. The van der Waals surface area contributed by atoms with Crippen molar-refractivity contribution < 1.29 is 0 Å². The predicted octanol–water partition coefficient (Wildman–Crippen LogP) is 1.91. The van der Waals surface area contributed by atoms with Gasteiger partial charge in [-0.1, -0.05) is 6.07 Å². The Morgan fingerprint density at radius 3 is 2.75 bits per heavy atom. The zero-order chi connectivity index (χ0) is 11.5. The third-order valence-electron chi connectivity index (χ3n) is 2.70. The van der Waals surface area contributed by atoms with Crippen molar-refractivity contribution in [3.8, 4) is 0 Å². The molecule has 2 aromatic heterocycles. The smallest absolute Gasteiger partial charge is 0.0954 e. The molecule has 2 unspecified atom stereocenters. The van der Waals surface area contributed by atoms with Crippen LogP contribution in [0.1, 0.15) is 37.3 Å². The molecule has 84 valence electrons. The molecule has 0 amide bonds. The Kier molecular flexibility index (Phi) is 3.01. The summed E-state index contributed by atoms with van der Waals surface area (Å²) in [6, 6.07) is 6.05. The molecule has 0 aromatic carbocycles. The average molecular weight is 216 g/mol. The first-order valence-corrected chi connectivity index (χ1v) is 5.38. The van der Waals surface area contributed by atoms with Crippen molar-refractivity contribution in [3.05, 3.63) is 48.3 Å². The molecule has 0 spiro atoms. The highest BCUT2D eigenvalue weighted by Gasteiger charge is 2.14. The SMILES string of the molecule is CC(N)c1cncn1C(C)c1ccccn1. The highest BCUT2D eigenvalue weighted by molar-refractivity contribution is 5.13. The average Bonchev–Trinajstić information content (AvgIpc) is 2.78. The fourth-order valence-electron chi connectivity index (χ4n) is 1.76. The van der Waals surface area contributed by atoms with Crippen LogP contribution in [0.5, 0.6) is 0 Å². The molecule has 2 aromatic rings. The molecule has 0 aliphatic rings. The number of imidazole rings is 1. The molecule has 16 heavy (non-hydrogen) atoms. The lowest BCUT2D eigenvalue weighted by Crippen LogP contribution is -2.16. The number of pyridine rings is 1. The van der Waals surface area contributed by atoms with Gasteiger partial charge in [-0.3, -0.25) is 4.98 Å². The molecule has 0 bridgehead atoms. The van der Waals surface area contributed by atoms with Gasteiger partial charge in [0.05, 0.1) is 23.8 Å². The van der Waals surface area contributed by atoms with Crippen LogP contribution < -0.4 is 5.73 Å². The maximum absolute atomic E-state index is 5.89. The molecule has 0 aliphatic heterocycles. The zero-order valence-corrected chi connectivity index (χ0v) is 9.54. The minimum atomic E-state index is -0.0198. The predicted molar refractivity (Wildman–Crippen MR) is 62.9 cm³/mol. The second-order valence-electron chi connectivity index (χ2n) is 3.95. The molecule has 0 saturated heterocycles. The molecule has 2 atom stereocenters. The maximum atomic E-state index is 5.89. The maximum Gasteiger partial charge on any atom is 0.0954 e. The first-order chi connectivity index (χ1) is 7.70. The van der Waals surface area contributed by atoms with Crippen molar-refractivity contribution in [3.63, 3.8) is 0 Å². The Labute approximate surface area is 95.1 Å². The molecule has 0 fully saturated rings. The Bertz CT molecular complexity index is 447. The molecule has 2 heterocycles. The number of rotatable bonds is 3. The van der Waals surface area contributed by atoms with Crippen LogP contribution in [0.2, 0.25) is 0 Å². The molecule has 2 rings (SSSR count). The van der Waals surface area contributed by atoms with E-state index in [2.05, 4.69) is 21.5 Å². The summed E-state index contributed by atoms with van der Waals surface area (Å²) in [6.07, 6.45) is 5.41. The van der Waals surface area contributed by atoms with Gasteiger partial charge in [0.15, 0.2) is 0 Å². The summed E-state index contributed by atoms with van der Waals surface area (Å²) in [5.74, 6) is 0. The van der Waals surface area contributed by atoms with E-state index in [1.165, 1.54) is 0 Å². The van der Waals surface area contributed by atoms with Crippen LogP contribution in [-0.4, -0.2) is 14.5 Å². The van der Waals surface area contributed by atoms with Crippen molar-refractivity contribution in [2.24, 2.45) is 5.73 Å². The van der Waals surface area contributed by atoms with E-state index in [1.807, 2.05) is 31.3 Å². The molecule has 0 saturated carbocycles. The quantitative estimate of drug-likeness (QED) is 0.852. The second-order valence-corrected chi connectivity index (χ2v) is 3.95. The van der Waals surface area contributed by atoms with Crippen molar-refractivity contribution in [1.82, 2.24) is 14.5 Å². The lowest BCUT2D eigenvalue weighted by Gasteiger charge is -2.17. The zero-order valence-electron chi connectivity index (χ0n) is 9.54. The van der Waals surface area contributed by atoms with Gasteiger partial charge in [0.1, 0.15) is 0 Å². The number of nitrogens with two attached hydrogens (primary N) is 1. The summed E-state index contributed by atoms with van der Waals surface area (Å²) in [6.45, 7) is 4.05. The van der Waals surface area contributed by atoms with E-state index in [4.69, 9.17) is 5.73 Å². The van der Waals surface area contributed by atoms with Gasteiger partial charge in [-0.25, -0.2) is 4.98 Å². The van der Waals surface area contributed by atoms with Gasteiger partial charge < -0.3 is 10.3 Å². The van der Waals surface area contributed by atoms with Crippen molar-refractivity contribution in [2.45, 2.75) is 25.9 Å². The fraction of sp³-hybridized carbons (Fsp3) is 0.333. The molecule has 0 aliphatic carbocycles. The van der Waals surface area contributed by atoms with E-state index in [0.717, 1.165) is 11.4 Å². The van der Waals surface area contributed by atoms with E-state index in [-0.39, 0.29) is 12.1 Å². The van der Waals surface area contributed by atoms with E-state index in [1.54, 1.807) is 12.5 Å². The van der Waals surface area contributed by atoms with Gasteiger partial charge in [0, 0.05) is 18.4 Å². The third-order valence-corrected chi connectivity index (χ3v) is 2.70. The summed E-state index contributed by atoms with van der Waals surface area (Å²) < 4.78 is 2.06. The standard InChI is InChI=1S/C12H16N4/c1-9(13)12-7-14-8-16(12)10(2)11-5-3-4-6-15-11/h3-10H,13H2,1-2H3. The lowest BCUT2D eigenvalue weighted by atomic mass is 10.2. The Balaban J connectivity index is 2.34.